The van der Waals surface area contributed by atoms with Gasteiger partial charge in [-0.05, 0) is 48.7 Å². The van der Waals surface area contributed by atoms with Crippen molar-refractivity contribution >= 4 is 17.7 Å². The highest BCUT2D eigenvalue weighted by molar-refractivity contribution is 5.92. The molecule has 0 unspecified atom stereocenters. The van der Waals surface area contributed by atoms with Crippen molar-refractivity contribution in [3.05, 3.63) is 72.1 Å². The molecule has 2 fully saturated rings. The van der Waals surface area contributed by atoms with Crippen LogP contribution in [0.5, 0.6) is 0 Å². The summed E-state index contributed by atoms with van der Waals surface area (Å²) in [6.07, 6.45) is 7.10. The Bertz CT molecular complexity index is 1050. The lowest BCUT2D eigenvalue weighted by Gasteiger charge is -2.35. The van der Waals surface area contributed by atoms with E-state index in [2.05, 4.69) is 27.2 Å². The first kappa shape index (κ1) is 19.5. The van der Waals surface area contributed by atoms with E-state index in [1.54, 1.807) is 6.08 Å². The van der Waals surface area contributed by atoms with Gasteiger partial charge in [-0.25, -0.2) is 0 Å². The van der Waals surface area contributed by atoms with Crippen LogP contribution in [0, 0.1) is 0 Å². The molecule has 31 heavy (non-hydrogen) atoms. The van der Waals surface area contributed by atoms with Crippen molar-refractivity contribution in [2.24, 2.45) is 0 Å². The zero-order valence-corrected chi connectivity index (χ0v) is 17.5. The van der Waals surface area contributed by atoms with Crippen molar-refractivity contribution in [1.82, 2.24) is 15.0 Å². The van der Waals surface area contributed by atoms with Crippen LogP contribution in [0.25, 0.3) is 17.5 Å². The second-order valence-corrected chi connectivity index (χ2v) is 8.19. The van der Waals surface area contributed by atoms with E-state index in [1.807, 2.05) is 53.4 Å². The van der Waals surface area contributed by atoms with E-state index < -0.39 is 0 Å². The fraction of sp³-hybridized carbons (Fsp3) is 0.320. The summed E-state index contributed by atoms with van der Waals surface area (Å²) < 4.78 is 5.44. The highest BCUT2D eigenvalue weighted by Crippen LogP contribution is 2.36. The number of hydrogen-bond acceptors (Lipinski definition) is 5. The Balaban J connectivity index is 1.16. The monoisotopic (exact) mass is 414 g/mol. The molecular formula is C25H26N4O2. The number of carbonyl (C=O) groups excluding carboxylic acids is 1. The number of anilines is 1. The van der Waals surface area contributed by atoms with E-state index >= 15 is 0 Å². The van der Waals surface area contributed by atoms with Crippen molar-refractivity contribution in [3.8, 4) is 11.4 Å². The number of benzene rings is 2. The smallest absolute Gasteiger partial charge is 0.246 e. The maximum absolute atomic E-state index is 12.5. The van der Waals surface area contributed by atoms with Crippen LogP contribution in [0.2, 0.25) is 0 Å². The highest BCUT2D eigenvalue weighted by Gasteiger charge is 2.25. The highest BCUT2D eigenvalue weighted by atomic mass is 16.5. The van der Waals surface area contributed by atoms with Gasteiger partial charge < -0.3 is 14.3 Å². The molecule has 158 valence electrons. The molecule has 2 aromatic carbocycles. The Labute approximate surface area is 182 Å². The van der Waals surface area contributed by atoms with E-state index in [1.165, 1.54) is 6.42 Å². The van der Waals surface area contributed by atoms with Gasteiger partial charge in [0.2, 0.25) is 17.6 Å². The lowest BCUT2D eigenvalue weighted by molar-refractivity contribution is -0.126. The number of nitrogens with zero attached hydrogens (tertiary/aromatic N) is 4. The molecule has 0 radical (unpaired) electrons. The van der Waals surface area contributed by atoms with Crippen molar-refractivity contribution in [1.29, 1.82) is 0 Å². The number of aromatic nitrogens is 2. The molecule has 0 bridgehead atoms. The van der Waals surface area contributed by atoms with Crippen LogP contribution in [0.15, 0.2) is 65.2 Å². The molecule has 5 rings (SSSR count). The molecular weight excluding hydrogens is 388 g/mol. The van der Waals surface area contributed by atoms with Gasteiger partial charge in [0.05, 0.1) is 0 Å². The largest absolute Gasteiger partial charge is 0.368 e. The van der Waals surface area contributed by atoms with Gasteiger partial charge in [0, 0.05) is 49.4 Å². The topological polar surface area (TPSA) is 62.5 Å². The van der Waals surface area contributed by atoms with Crippen LogP contribution in [0.3, 0.4) is 0 Å². The molecule has 1 aromatic heterocycles. The Morgan fingerprint density at radius 2 is 1.71 bits per heavy atom. The fourth-order valence-corrected chi connectivity index (χ4v) is 4.02. The van der Waals surface area contributed by atoms with Gasteiger partial charge in [0.15, 0.2) is 0 Å². The Morgan fingerprint density at radius 3 is 2.39 bits per heavy atom. The molecule has 6 nitrogen and oxygen atoms in total. The minimum Gasteiger partial charge on any atom is -0.368 e. The van der Waals surface area contributed by atoms with Crippen LogP contribution in [-0.2, 0) is 4.79 Å². The van der Waals surface area contributed by atoms with E-state index in [-0.39, 0.29) is 5.91 Å². The second-order valence-electron chi connectivity index (χ2n) is 8.19. The SMILES string of the molecule is O=C(/C=C/c1ccccc1)N1CCN(c2ccc(-c3noc(C4CCC4)n3)cc2)CC1. The van der Waals surface area contributed by atoms with Crippen molar-refractivity contribution in [3.63, 3.8) is 0 Å². The Hall–Kier alpha value is -3.41. The molecule has 3 aromatic rings. The van der Waals surface area contributed by atoms with Gasteiger partial charge in [-0.2, -0.15) is 4.98 Å². The standard InChI is InChI=1S/C25H26N4O2/c30-23(14-9-19-5-2-1-3-6-19)29-17-15-28(16-18-29)22-12-10-20(11-13-22)24-26-25(31-27-24)21-7-4-8-21/h1-3,5-6,9-14,21H,4,7-8,15-18H2/b14-9+. The minimum atomic E-state index is 0.0678. The fourth-order valence-electron chi connectivity index (χ4n) is 4.02. The average molecular weight is 415 g/mol. The maximum atomic E-state index is 12.5. The number of amides is 1. The second kappa shape index (κ2) is 8.76. The molecule has 1 saturated heterocycles. The van der Waals surface area contributed by atoms with E-state index in [4.69, 9.17) is 4.52 Å². The number of piperazine rings is 1. The molecule has 1 saturated carbocycles. The number of rotatable bonds is 5. The predicted molar refractivity (Wildman–Crippen MR) is 121 cm³/mol. The quantitative estimate of drug-likeness (QED) is 0.580. The van der Waals surface area contributed by atoms with E-state index in [0.717, 1.165) is 61.7 Å². The van der Waals surface area contributed by atoms with Crippen LogP contribution >= 0.6 is 0 Å². The molecule has 2 aliphatic rings. The summed E-state index contributed by atoms with van der Waals surface area (Å²) in [5.41, 5.74) is 3.16. The number of hydrogen-bond donors (Lipinski definition) is 0. The summed E-state index contributed by atoms with van der Waals surface area (Å²) in [5, 5.41) is 4.15. The van der Waals surface area contributed by atoms with Crippen molar-refractivity contribution < 1.29 is 9.32 Å². The van der Waals surface area contributed by atoms with Gasteiger partial charge in [0.1, 0.15) is 0 Å². The first-order valence-corrected chi connectivity index (χ1v) is 11.0. The first-order valence-electron chi connectivity index (χ1n) is 11.0. The first-order chi connectivity index (χ1) is 15.3. The summed E-state index contributed by atoms with van der Waals surface area (Å²) in [7, 11) is 0. The van der Waals surface area contributed by atoms with Gasteiger partial charge in [-0.15, -0.1) is 0 Å². The summed E-state index contributed by atoms with van der Waals surface area (Å²) in [6, 6.07) is 18.2. The Morgan fingerprint density at radius 1 is 0.968 bits per heavy atom. The van der Waals surface area contributed by atoms with E-state index in [9.17, 15) is 4.79 Å². The van der Waals surface area contributed by atoms with Crippen molar-refractivity contribution in [2.45, 2.75) is 25.2 Å². The van der Waals surface area contributed by atoms with Gasteiger partial charge in [0.25, 0.3) is 0 Å². The van der Waals surface area contributed by atoms with Crippen LogP contribution in [-0.4, -0.2) is 47.1 Å². The summed E-state index contributed by atoms with van der Waals surface area (Å²) >= 11 is 0. The lowest BCUT2D eigenvalue weighted by atomic mass is 9.85. The zero-order valence-electron chi connectivity index (χ0n) is 17.5. The van der Waals surface area contributed by atoms with Gasteiger partial charge >= 0.3 is 0 Å². The molecule has 0 spiro atoms. The average Bonchev–Trinajstić information content (AvgIpc) is 3.27. The van der Waals surface area contributed by atoms with Gasteiger partial charge in [-0.3, -0.25) is 4.79 Å². The minimum absolute atomic E-state index is 0.0678. The third-order valence-corrected chi connectivity index (χ3v) is 6.20. The normalized spacial score (nSPS) is 17.2. The van der Waals surface area contributed by atoms with Crippen LogP contribution < -0.4 is 4.90 Å². The summed E-state index contributed by atoms with van der Waals surface area (Å²) in [5.74, 6) is 1.95. The summed E-state index contributed by atoms with van der Waals surface area (Å²) in [4.78, 5) is 21.3. The molecule has 1 aliphatic heterocycles. The third kappa shape index (κ3) is 4.38. The lowest BCUT2D eigenvalue weighted by Crippen LogP contribution is -2.48. The molecule has 0 atom stereocenters. The molecule has 1 amide bonds. The molecule has 2 heterocycles. The van der Waals surface area contributed by atoms with Crippen LogP contribution in [0.4, 0.5) is 5.69 Å². The number of carbonyl (C=O) groups is 1. The molecule has 1 aliphatic carbocycles. The Kier molecular flexibility index (Phi) is 5.52. The maximum Gasteiger partial charge on any atom is 0.246 e. The zero-order chi connectivity index (χ0) is 21.0. The van der Waals surface area contributed by atoms with E-state index in [0.29, 0.717) is 11.7 Å². The van der Waals surface area contributed by atoms with Crippen molar-refractivity contribution in [2.75, 3.05) is 31.1 Å². The molecule has 0 N–H and O–H groups in total. The van der Waals surface area contributed by atoms with Crippen LogP contribution in [0.1, 0.15) is 36.6 Å². The predicted octanol–water partition coefficient (Wildman–Crippen LogP) is 4.37. The third-order valence-electron chi connectivity index (χ3n) is 6.20. The molecule has 6 heteroatoms. The summed E-state index contributed by atoms with van der Waals surface area (Å²) in [6.45, 7) is 3.07. The van der Waals surface area contributed by atoms with Gasteiger partial charge in [-0.1, -0.05) is 41.9 Å².